The minimum absolute atomic E-state index is 0.621. The largest absolute Gasteiger partial charge is 0.398 e. The van der Waals surface area contributed by atoms with Crippen molar-refractivity contribution < 1.29 is 0 Å². The monoisotopic (exact) mass is 238 g/mol. The zero-order chi connectivity index (χ0) is 11.7. The molecule has 0 saturated heterocycles. The maximum absolute atomic E-state index is 6.17. The molecule has 3 heteroatoms. The number of halogens is 1. The van der Waals surface area contributed by atoms with Gasteiger partial charge in [-0.1, -0.05) is 17.7 Å². The Balaban J connectivity index is 2.07. The van der Waals surface area contributed by atoms with Gasteiger partial charge >= 0.3 is 0 Å². The van der Waals surface area contributed by atoms with Crippen LogP contribution in [0.2, 0.25) is 5.02 Å². The molecule has 1 saturated carbocycles. The van der Waals surface area contributed by atoms with E-state index in [0.717, 1.165) is 28.7 Å². The van der Waals surface area contributed by atoms with Gasteiger partial charge in [-0.05, 0) is 44.9 Å². The van der Waals surface area contributed by atoms with Gasteiger partial charge in [-0.3, -0.25) is 4.90 Å². The number of anilines is 1. The molecule has 1 aliphatic carbocycles. The molecule has 1 atom stereocenters. The standard InChI is InChI=1S/C13H19ClN2/c1-9(10-6-7-10)16(2)8-11-12(14)4-3-5-13(11)15/h3-5,9-10H,6-8,15H2,1-2H3. The Hall–Kier alpha value is -0.730. The third kappa shape index (κ3) is 2.50. The van der Waals surface area contributed by atoms with Gasteiger partial charge in [0.25, 0.3) is 0 Å². The van der Waals surface area contributed by atoms with Crippen molar-refractivity contribution in [3.63, 3.8) is 0 Å². The maximum Gasteiger partial charge on any atom is 0.0471 e. The summed E-state index contributed by atoms with van der Waals surface area (Å²) >= 11 is 6.17. The molecule has 2 nitrogen and oxygen atoms in total. The van der Waals surface area contributed by atoms with Gasteiger partial charge in [-0.2, -0.15) is 0 Å². The summed E-state index contributed by atoms with van der Waals surface area (Å²) in [4.78, 5) is 2.34. The van der Waals surface area contributed by atoms with Crippen LogP contribution in [0.1, 0.15) is 25.3 Å². The van der Waals surface area contributed by atoms with E-state index in [1.807, 2.05) is 18.2 Å². The van der Waals surface area contributed by atoms with Crippen LogP contribution in [-0.2, 0) is 6.54 Å². The predicted octanol–water partition coefficient (Wildman–Crippen LogP) is 3.15. The molecule has 88 valence electrons. The van der Waals surface area contributed by atoms with Crippen LogP contribution >= 0.6 is 11.6 Å². The SMILES string of the molecule is CC(C1CC1)N(C)Cc1c(N)cccc1Cl. The normalized spacial score (nSPS) is 17.8. The summed E-state index contributed by atoms with van der Waals surface area (Å²) in [6.07, 6.45) is 2.73. The molecule has 2 rings (SSSR count). The summed E-state index contributed by atoms with van der Waals surface area (Å²) in [6.45, 7) is 3.12. The van der Waals surface area contributed by atoms with Crippen molar-refractivity contribution in [2.24, 2.45) is 5.92 Å². The Labute approximate surface area is 102 Å². The average Bonchev–Trinajstić information content (AvgIpc) is 3.06. The van der Waals surface area contributed by atoms with Crippen molar-refractivity contribution in [2.45, 2.75) is 32.4 Å². The van der Waals surface area contributed by atoms with Crippen LogP contribution in [0.5, 0.6) is 0 Å². The Bertz CT molecular complexity index is 354. The molecule has 2 N–H and O–H groups in total. The Morgan fingerprint density at radius 1 is 1.50 bits per heavy atom. The predicted molar refractivity (Wildman–Crippen MR) is 69.5 cm³/mol. The molecular weight excluding hydrogens is 220 g/mol. The van der Waals surface area contributed by atoms with Crippen molar-refractivity contribution >= 4 is 17.3 Å². The van der Waals surface area contributed by atoms with Crippen LogP contribution in [0.25, 0.3) is 0 Å². The Morgan fingerprint density at radius 3 is 2.75 bits per heavy atom. The van der Waals surface area contributed by atoms with Crippen LogP contribution in [-0.4, -0.2) is 18.0 Å². The minimum Gasteiger partial charge on any atom is -0.398 e. The summed E-state index contributed by atoms with van der Waals surface area (Å²) in [5.41, 5.74) is 7.80. The fraction of sp³-hybridized carbons (Fsp3) is 0.538. The van der Waals surface area contributed by atoms with Gasteiger partial charge in [0.1, 0.15) is 0 Å². The Morgan fingerprint density at radius 2 is 2.19 bits per heavy atom. The number of rotatable bonds is 4. The fourth-order valence-electron chi connectivity index (χ4n) is 2.07. The van der Waals surface area contributed by atoms with Crippen molar-refractivity contribution in [3.05, 3.63) is 28.8 Å². The zero-order valence-corrected chi connectivity index (χ0v) is 10.7. The van der Waals surface area contributed by atoms with Crippen molar-refractivity contribution in [1.29, 1.82) is 0 Å². The van der Waals surface area contributed by atoms with Crippen LogP contribution in [0.3, 0.4) is 0 Å². The second-order valence-corrected chi connectivity index (χ2v) is 5.21. The summed E-state index contributed by atoms with van der Waals surface area (Å²) in [6, 6.07) is 6.33. The van der Waals surface area contributed by atoms with E-state index in [2.05, 4.69) is 18.9 Å². The zero-order valence-electron chi connectivity index (χ0n) is 9.91. The molecule has 0 spiro atoms. The number of hydrogen-bond acceptors (Lipinski definition) is 2. The van der Waals surface area contributed by atoms with Gasteiger partial charge in [-0.25, -0.2) is 0 Å². The number of nitrogens with zero attached hydrogens (tertiary/aromatic N) is 1. The lowest BCUT2D eigenvalue weighted by atomic mass is 10.1. The highest BCUT2D eigenvalue weighted by molar-refractivity contribution is 6.31. The second-order valence-electron chi connectivity index (χ2n) is 4.80. The number of nitrogens with two attached hydrogens (primary N) is 1. The van der Waals surface area contributed by atoms with E-state index in [1.54, 1.807) is 0 Å². The molecule has 16 heavy (non-hydrogen) atoms. The quantitative estimate of drug-likeness (QED) is 0.817. The van der Waals surface area contributed by atoms with E-state index in [4.69, 9.17) is 17.3 Å². The van der Waals surface area contributed by atoms with Gasteiger partial charge in [0, 0.05) is 28.9 Å². The van der Waals surface area contributed by atoms with Crippen molar-refractivity contribution in [1.82, 2.24) is 4.90 Å². The van der Waals surface area contributed by atoms with E-state index in [9.17, 15) is 0 Å². The van der Waals surface area contributed by atoms with E-state index < -0.39 is 0 Å². The first-order valence-electron chi connectivity index (χ1n) is 5.82. The minimum atomic E-state index is 0.621. The summed E-state index contributed by atoms with van der Waals surface area (Å²) < 4.78 is 0. The maximum atomic E-state index is 6.17. The lowest BCUT2D eigenvalue weighted by molar-refractivity contribution is 0.227. The highest BCUT2D eigenvalue weighted by Gasteiger charge is 2.30. The third-order valence-corrected chi connectivity index (χ3v) is 3.92. The van der Waals surface area contributed by atoms with E-state index in [0.29, 0.717) is 6.04 Å². The molecular formula is C13H19ClN2. The van der Waals surface area contributed by atoms with Gasteiger partial charge in [0.05, 0.1) is 0 Å². The highest BCUT2D eigenvalue weighted by Crippen LogP contribution is 2.35. The molecule has 1 aromatic rings. The molecule has 1 aliphatic rings. The van der Waals surface area contributed by atoms with Gasteiger partial charge in [-0.15, -0.1) is 0 Å². The van der Waals surface area contributed by atoms with Crippen molar-refractivity contribution in [3.8, 4) is 0 Å². The van der Waals surface area contributed by atoms with Crippen LogP contribution in [0.15, 0.2) is 18.2 Å². The molecule has 0 aromatic heterocycles. The van der Waals surface area contributed by atoms with Gasteiger partial charge < -0.3 is 5.73 Å². The molecule has 1 aromatic carbocycles. The number of benzene rings is 1. The third-order valence-electron chi connectivity index (χ3n) is 3.56. The van der Waals surface area contributed by atoms with Crippen LogP contribution < -0.4 is 5.73 Å². The summed E-state index contributed by atoms with van der Waals surface area (Å²) in [5.74, 6) is 0.869. The summed E-state index contributed by atoms with van der Waals surface area (Å²) in [5, 5.41) is 0.773. The highest BCUT2D eigenvalue weighted by atomic mass is 35.5. The van der Waals surface area contributed by atoms with E-state index >= 15 is 0 Å². The molecule has 0 aliphatic heterocycles. The molecule has 0 bridgehead atoms. The average molecular weight is 239 g/mol. The van der Waals surface area contributed by atoms with E-state index in [-0.39, 0.29) is 0 Å². The first-order chi connectivity index (χ1) is 7.59. The number of hydrogen-bond donors (Lipinski definition) is 1. The molecule has 0 radical (unpaired) electrons. The fourth-order valence-corrected chi connectivity index (χ4v) is 2.32. The smallest absolute Gasteiger partial charge is 0.0471 e. The Kier molecular flexibility index (Phi) is 3.41. The van der Waals surface area contributed by atoms with Gasteiger partial charge in [0.15, 0.2) is 0 Å². The molecule has 0 amide bonds. The second kappa shape index (κ2) is 4.64. The summed E-state index contributed by atoms with van der Waals surface area (Å²) in [7, 11) is 2.14. The van der Waals surface area contributed by atoms with Crippen molar-refractivity contribution in [2.75, 3.05) is 12.8 Å². The lowest BCUT2D eigenvalue weighted by Crippen LogP contribution is -2.30. The topological polar surface area (TPSA) is 29.3 Å². The van der Waals surface area contributed by atoms with Crippen LogP contribution in [0.4, 0.5) is 5.69 Å². The van der Waals surface area contributed by atoms with E-state index in [1.165, 1.54) is 12.8 Å². The molecule has 1 unspecified atom stereocenters. The first-order valence-corrected chi connectivity index (χ1v) is 6.20. The van der Waals surface area contributed by atoms with Crippen LogP contribution in [0, 0.1) is 5.92 Å². The first kappa shape index (κ1) is 11.7. The number of nitrogen functional groups attached to an aromatic ring is 1. The molecule has 1 fully saturated rings. The van der Waals surface area contributed by atoms with Gasteiger partial charge in [0.2, 0.25) is 0 Å². The lowest BCUT2D eigenvalue weighted by Gasteiger charge is -2.25. The molecule has 0 heterocycles.